The largest absolute Gasteiger partial charge is 0.314 e. The molecule has 0 saturated heterocycles. The molecule has 88 valence electrons. The van der Waals surface area contributed by atoms with Gasteiger partial charge in [0.2, 0.25) is 0 Å². The van der Waals surface area contributed by atoms with Gasteiger partial charge in [-0.15, -0.1) is 5.10 Å². The number of likely N-dealkylation sites (N-methyl/N-ethyl adjacent to an activating group) is 1. The molecule has 0 radical (unpaired) electrons. The predicted octanol–water partition coefficient (Wildman–Crippen LogP) is 1.89. The molecule has 0 aliphatic heterocycles. The lowest BCUT2D eigenvalue weighted by Gasteiger charge is -1.96. The highest BCUT2D eigenvalue weighted by Crippen LogP contribution is 2.04. The maximum atomic E-state index is 4.37. The van der Waals surface area contributed by atoms with Crippen LogP contribution in [0, 0.1) is 0 Å². The zero-order chi connectivity index (χ0) is 11.9. The summed E-state index contributed by atoms with van der Waals surface area (Å²) in [5.74, 6) is 0. The van der Waals surface area contributed by atoms with Gasteiger partial charge in [-0.05, 0) is 24.8 Å². The van der Waals surface area contributed by atoms with E-state index in [9.17, 15) is 0 Å². The molecule has 4 nitrogen and oxygen atoms in total. The van der Waals surface area contributed by atoms with E-state index < -0.39 is 0 Å². The molecule has 0 spiro atoms. The predicted molar refractivity (Wildman–Crippen MR) is 68.9 cm³/mol. The van der Waals surface area contributed by atoms with Crippen LogP contribution in [-0.4, -0.2) is 28.1 Å². The summed E-state index contributed by atoms with van der Waals surface area (Å²) >= 11 is 0. The average Bonchev–Trinajstić information content (AvgIpc) is 2.85. The summed E-state index contributed by atoms with van der Waals surface area (Å²) in [4.78, 5) is 1.63. The van der Waals surface area contributed by atoms with Crippen molar-refractivity contribution in [1.82, 2.24) is 20.3 Å². The molecule has 2 rings (SSSR count). The maximum absolute atomic E-state index is 4.37. The Labute approximate surface area is 101 Å². The number of nitrogens with zero attached hydrogens (tertiary/aromatic N) is 3. The molecule has 0 aliphatic carbocycles. The summed E-state index contributed by atoms with van der Waals surface area (Å²) in [5, 5.41) is 11.8. The summed E-state index contributed by atoms with van der Waals surface area (Å²) in [7, 11) is 0. The fourth-order valence-corrected chi connectivity index (χ4v) is 1.44. The second-order valence-electron chi connectivity index (χ2n) is 3.60. The van der Waals surface area contributed by atoms with Crippen LogP contribution in [0.1, 0.15) is 12.6 Å². The third-order valence-corrected chi connectivity index (χ3v) is 2.30. The third-order valence-electron chi connectivity index (χ3n) is 2.30. The van der Waals surface area contributed by atoms with E-state index in [2.05, 4.69) is 22.4 Å². The van der Waals surface area contributed by atoms with Gasteiger partial charge >= 0.3 is 0 Å². The quantitative estimate of drug-likeness (QED) is 0.795. The van der Waals surface area contributed by atoms with Gasteiger partial charge in [0, 0.05) is 6.54 Å². The van der Waals surface area contributed by atoms with E-state index >= 15 is 0 Å². The second-order valence-corrected chi connectivity index (χ2v) is 3.60. The molecule has 1 N–H and O–H groups in total. The molecule has 0 fully saturated rings. The molecular weight excluding hydrogens is 212 g/mol. The van der Waals surface area contributed by atoms with E-state index in [0.717, 1.165) is 24.5 Å². The Morgan fingerprint density at radius 1 is 1.29 bits per heavy atom. The Morgan fingerprint density at radius 2 is 2.12 bits per heavy atom. The van der Waals surface area contributed by atoms with Crippen LogP contribution in [0.5, 0.6) is 0 Å². The monoisotopic (exact) mass is 228 g/mol. The first-order chi connectivity index (χ1) is 8.40. The van der Waals surface area contributed by atoms with Crippen LogP contribution in [0.4, 0.5) is 0 Å². The van der Waals surface area contributed by atoms with Crippen LogP contribution in [0.3, 0.4) is 0 Å². The first-order valence-corrected chi connectivity index (χ1v) is 5.75. The summed E-state index contributed by atoms with van der Waals surface area (Å²) in [6.45, 7) is 3.91. The summed E-state index contributed by atoms with van der Waals surface area (Å²) in [5.41, 5.74) is 1.84. The van der Waals surface area contributed by atoms with Crippen molar-refractivity contribution < 1.29 is 0 Å². The molecule has 0 atom stereocenters. The Bertz CT molecular complexity index is 473. The van der Waals surface area contributed by atoms with E-state index in [1.165, 1.54) is 0 Å². The van der Waals surface area contributed by atoms with Gasteiger partial charge in [-0.3, -0.25) is 0 Å². The minimum atomic E-state index is 0.856. The Morgan fingerprint density at radius 3 is 2.88 bits per heavy atom. The number of hydrogen-bond donors (Lipinski definition) is 1. The van der Waals surface area contributed by atoms with E-state index in [-0.39, 0.29) is 0 Å². The maximum Gasteiger partial charge on any atom is 0.106 e. The molecule has 4 heteroatoms. The normalized spacial score (nSPS) is 11.1. The molecule has 1 aromatic heterocycles. The fraction of sp³-hybridized carbons (Fsp3) is 0.231. The summed E-state index contributed by atoms with van der Waals surface area (Å²) in [6, 6.07) is 9.88. The van der Waals surface area contributed by atoms with Gasteiger partial charge < -0.3 is 5.32 Å². The molecule has 0 bridgehead atoms. The van der Waals surface area contributed by atoms with Crippen molar-refractivity contribution in [2.24, 2.45) is 0 Å². The lowest BCUT2D eigenvalue weighted by atomic mass is 10.3. The van der Waals surface area contributed by atoms with Crippen molar-refractivity contribution in [2.75, 3.05) is 13.1 Å². The highest BCUT2D eigenvalue weighted by atomic mass is 15.5. The molecular formula is C13H16N4. The number of para-hydroxylation sites is 1. The van der Waals surface area contributed by atoms with Gasteiger partial charge in [0.15, 0.2) is 0 Å². The van der Waals surface area contributed by atoms with Crippen molar-refractivity contribution in [3.05, 3.63) is 48.3 Å². The standard InChI is InChI=1S/C13H16N4/c1-2-14-10-6-7-12-11-15-17(16-12)13-8-4-3-5-9-13/h3-9,11,14H,2,10H2,1H3. The van der Waals surface area contributed by atoms with Crippen LogP contribution >= 0.6 is 0 Å². The first-order valence-electron chi connectivity index (χ1n) is 5.75. The lowest BCUT2D eigenvalue weighted by molar-refractivity contribution is 0.750. The minimum absolute atomic E-state index is 0.856. The molecule has 1 heterocycles. The van der Waals surface area contributed by atoms with Gasteiger partial charge in [0.25, 0.3) is 0 Å². The van der Waals surface area contributed by atoms with Crippen LogP contribution in [0.15, 0.2) is 42.6 Å². The Hall–Kier alpha value is -1.94. The van der Waals surface area contributed by atoms with E-state index in [1.54, 1.807) is 11.0 Å². The van der Waals surface area contributed by atoms with Crippen LogP contribution in [0.25, 0.3) is 11.8 Å². The smallest absolute Gasteiger partial charge is 0.106 e. The van der Waals surface area contributed by atoms with E-state index in [4.69, 9.17) is 0 Å². The number of benzene rings is 1. The number of nitrogens with one attached hydrogen (secondary N) is 1. The minimum Gasteiger partial charge on any atom is -0.314 e. The summed E-state index contributed by atoms with van der Waals surface area (Å²) < 4.78 is 0. The molecule has 0 amide bonds. The van der Waals surface area contributed by atoms with Gasteiger partial charge in [-0.1, -0.05) is 31.2 Å². The van der Waals surface area contributed by atoms with Gasteiger partial charge in [-0.25, -0.2) is 0 Å². The molecule has 0 saturated carbocycles. The summed E-state index contributed by atoms with van der Waals surface area (Å²) in [6.07, 6.45) is 5.77. The number of rotatable bonds is 5. The molecule has 17 heavy (non-hydrogen) atoms. The average molecular weight is 228 g/mol. The molecule has 2 aromatic rings. The fourth-order valence-electron chi connectivity index (χ4n) is 1.44. The Kier molecular flexibility index (Phi) is 4.05. The van der Waals surface area contributed by atoms with Crippen molar-refractivity contribution in [3.63, 3.8) is 0 Å². The van der Waals surface area contributed by atoms with Crippen LogP contribution < -0.4 is 5.32 Å². The van der Waals surface area contributed by atoms with Crippen molar-refractivity contribution in [3.8, 4) is 5.69 Å². The molecule has 0 aliphatic rings. The number of hydrogen-bond acceptors (Lipinski definition) is 3. The van der Waals surface area contributed by atoms with Gasteiger partial charge in [-0.2, -0.15) is 9.90 Å². The topological polar surface area (TPSA) is 42.7 Å². The zero-order valence-electron chi connectivity index (χ0n) is 9.87. The van der Waals surface area contributed by atoms with Crippen LogP contribution in [-0.2, 0) is 0 Å². The van der Waals surface area contributed by atoms with Crippen molar-refractivity contribution >= 4 is 6.08 Å². The van der Waals surface area contributed by atoms with E-state index in [0.29, 0.717) is 0 Å². The molecule has 0 unspecified atom stereocenters. The van der Waals surface area contributed by atoms with Crippen LogP contribution in [0.2, 0.25) is 0 Å². The molecule has 1 aromatic carbocycles. The second kappa shape index (κ2) is 5.96. The van der Waals surface area contributed by atoms with E-state index in [1.807, 2.05) is 42.5 Å². The highest BCUT2D eigenvalue weighted by molar-refractivity contribution is 5.43. The SMILES string of the molecule is CCNCC=Cc1cnn(-c2ccccc2)n1. The van der Waals surface area contributed by atoms with Crippen molar-refractivity contribution in [2.45, 2.75) is 6.92 Å². The third kappa shape index (κ3) is 3.26. The zero-order valence-corrected chi connectivity index (χ0v) is 9.87. The Balaban J connectivity index is 2.04. The van der Waals surface area contributed by atoms with Gasteiger partial charge in [0.05, 0.1) is 11.9 Å². The lowest BCUT2D eigenvalue weighted by Crippen LogP contribution is -2.11. The van der Waals surface area contributed by atoms with Gasteiger partial charge in [0.1, 0.15) is 5.69 Å². The highest BCUT2D eigenvalue weighted by Gasteiger charge is 1.98. The first kappa shape index (κ1) is 11.5. The van der Waals surface area contributed by atoms with Crippen molar-refractivity contribution in [1.29, 1.82) is 0 Å². The number of aromatic nitrogens is 3.